The minimum Gasteiger partial charge on any atom is -0.311 e. The van der Waals surface area contributed by atoms with Gasteiger partial charge in [-0.3, -0.25) is 0 Å². The van der Waals surface area contributed by atoms with Crippen LogP contribution in [0.15, 0.2) is 285 Å². The van der Waals surface area contributed by atoms with Gasteiger partial charge < -0.3 is 9.80 Å². The largest absolute Gasteiger partial charge is 0.311 e. The smallest absolute Gasteiger partial charge is 0.0468 e. The molecule has 340 valence electrons. The van der Waals surface area contributed by atoms with Gasteiger partial charge in [0.25, 0.3) is 0 Å². The molecular weight excluding hydrogens is 869 g/mol. The van der Waals surface area contributed by atoms with Crippen molar-refractivity contribution < 1.29 is 0 Å². The lowest BCUT2D eigenvalue weighted by atomic mass is 9.84. The average Bonchev–Trinajstić information content (AvgIpc) is 3.44. The number of benzene rings is 11. The molecule has 0 bridgehead atoms. The van der Waals surface area contributed by atoms with Crippen molar-refractivity contribution in [2.24, 2.45) is 5.92 Å². The maximum Gasteiger partial charge on any atom is 0.0468 e. The van der Waals surface area contributed by atoms with Crippen molar-refractivity contribution in [2.75, 3.05) is 9.80 Å². The van der Waals surface area contributed by atoms with Gasteiger partial charge in [0.15, 0.2) is 0 Å². The molecule has 0 amide bonds. The van der Waals surface area contributed by atoms with Gasteiger partial charge in [-0.1, -0.05) is 213 Å². The molecule has 0 radical (unpaired) electrons. The summed E-state index contributed by atoms with van der Waals surface area (Å²) >= 11 is 0. The van der Waals surface area contributed by atoms with Crippen LogP contribution >= 0.6 is 0 Å². The molecule has 0 aromatic heterocycles. The first kappa shape index (κ1) is 42.8. The molecule has 0 saturated heterocycles. The normalized spacial score (nSPS) is 14.2. The van der Waals surface area contributed by atoms with Gasteiger partial charge in [0.2, 0.25) is 0 Å². The minimum absolute atomic E-state index is 0.377. The third kappa shape index (κ3) is 7.71. The van der Waals surface area contributed by atoms with E-state index >= 15 is 0 Å². The van der Waals surface area contributed by atoms with Gasteiger partial charge in [0.05, 0.1) is 0 Å². The summed E-state index contributed by atoms with van der Waals surface area (Å²) in [5, 5.41) is 12.0. The lowest BCUT2D eigenvalue weighted by Gasteiger charge is -2.31. The molecule has 0 spiro atoms. The zero-order valence-electron chi connectivity index (χ0n) is 39.9. The van der Waals surface area contributed by atoms with Crippen LogP contribution in [0.5, 0.6) is 0 Å². The fraction of sp³-hybridized carbons (Fsp3) is 0.0286. The molecule has 0 N–H and O–H groups in total. The number of rotatable bonds is 10. The van der Waals surface area contributed by atoms with E-state index in [1.807, 2.05) is 12.2 Å². The monoisotopic (exact) mass is 918 g/mol. The van der Waals surface area contributed by atoms with Gasteiger partial charge in [-0.25, -0.2) is 0 Å². The highest BCUT2D eigenvalue weighted by molar-refractivity contribution is 6.24. The molecule has 11 aromatic carbocycles. The van der Waals surface area contributed by atoms with Crippen LogP contribution in [0.1, 0.15) is 12.0 Å². The second kappa shape index (κ2) is 18.3. The van der Waals surface area contributed by atoms with E-state index in [-0.39, 0.29) is 0 Å². The van der Waals surface area contributed by atoms with Crippen molar-refractivity contribution in [1.29, 1.82) is 0 Å². The number of allylic oxidation sites excluding steroid dienone is 9. The van der Waals surface area contributed by atoms with Crippen LogP contribution in [0.4, 0.5) is 28.4 Å². The fourth-order valence-electron chi connectivity index (χ4n) is 11.2. The summed E-state index contributed by atoms with van der Waals surface area (Å²) in [7, 11) is 0. The second-order valence-corrected chi connectivity index (χ2v) is 18.9. The first-order valence-electron chi connectivity index (χ1n) is 25.0. The Kier molecular flexibility index (Phi) is 10.9. The first-order valence-corrected chi connectivity index (χ1v) is 25.0. The molecule has 1 atom stereocenters. The summed E-state index contributed by atoms with van der Waals surface area (Å²) in [6.07, 6.45) is 20.6. The number of hydrogen-bond acceptors (Lipinski definition) is 2. The van der Waals surface area contributed by atoms with E-state index < -0.39 is 0 Å². The molecule has 13 rings (SSSR count). The summed E-state index contributed by atoms with van der Waals surface area (Å²) in [5.74, 6) is 0.377. The molecule has 0 heterocycles. The number of hydrogen-bond donors (Lipinski definition) is 0. The highest BCUT2D eigenvalue weighted by Crippen LogP contribution is 2.50. The number of nitrogens with zero attached hydrogens (tertiary/aromatic N) is 2. The molecule has 2 heteroatoms. The Morgan fingerprint density at radius 2 is 1.01 bits per heavy atom. The fourth-order valence-corrected chi connectivity index (χ4v) is 11.2. The van der Waals surface area contributed by atoms with Gasteiger partial charge in [-0.2, -0.15) is 0 Å². The van der Waals surface area contributed by atoms with Crippen molar-refractivity contribution in [3.63, 3.8) is 0 Å². The Morgan fingerprint density at radius 1 is 0.431 bits per heavy atom. The van der Waals surface area contributed by atoms with Gasteiger partial charge in [0, 0.05) is 40.1 Å². The molecule has 2 aliphatic carbocycles. The van der Waals surface area contributed by atoms with Crippen molar-refractivity contribution >= 4 is 88.4 Å². The zero-order valence-corrected chi connectivity index (χ0v) is 39.9. The van der Waals surface area contributed by atoms with Gasteiger partial charge in [-0.15, -0.1) is 0 Å². The molecule has 2 aliphatic rings. The molecule has 0 fully saturated rings. The second-order valence-electron chi connectivity index (χ2n) is 18.9. The van der Waals surface area contributed by atoms with Crippen LogP contribution in [-0.4, -0.2) is 0 Å². The maximum absolute atomic E-state index is 3.95. The Balaban J connectivity index is 1.11. The van der Waals surface area contributed by atoms with Crippen LogP contribution in [0.3, 0.4) is 0 Å². The van der Waals surface area contributed by atoms with Gasteiger partial charge >= 0.3 is 0 Å². The summed E-state index contributed by atoms with van der Waals surface area (Å²) in [5.41, 5.74) is 13.9. The van der Waals surface area contributed by atoms with Crippen molar-refractivity contribution in [3.05, 3.63) is 290 Å². The Morgan fingerprint density at radius 3 is 1.75 bits per heavy atom. The van der Waals surface area contributed by atoms with E-state index in [1.54, 1.807) is 0 Å². The number of fused-ring (bicyclic) bond motifs is 6. The molecule has 2 nitrogen and oxygen atoms in total. The Labute approximate surface area is 421 Å². The maximum atomic E-state index is 3.95. The third-order valence-electron chi connectivity index (χ3n) is 14.6. The average molecular weight is 919 g/mol. The van der Waals surface area contributed by atoms with Crippen LogP contribution in [0.25, 0.3) is 82.2 Å². The minimum atomic E-state index is 0.377. The first-order chi connectivity index (χ1) is 35.6. The zero-order chi connectivity index (χ0) is 48.0. The summed E-state index contributed by atoms with van der Waals surface area (Å²) in [4.78, 5) is 4.88. The molecule has 72 heavy (non-hydrogen) atoms. The SMILES string of the molecule is C=C/C=C\c1cccc(N(C2=CCC3C=CC=CC3=C2)c2ccc3c(-c4cccc5ccccc45)c4cc(N(c5ccc6ccccc6c5)c5ccc6ccccc6c5)ccc4c(-c4ccccc4)c3c2)c1. The Bertz CT molecular complexity index is 4020. The van der Waals surface area contributed by atoms with Gasteiger partial charge in [0.1, 0.15) is 0 Å². The van der Waals surface area contributed by atoms with Crippen LogP contribution < -0.4 is 9.80 Å². The molecule has 11 aromatic rings. The van der Waals surface area contributed by atoms with E-state index in [0.717, 1.165) is 46.1 Å². The molecule has 0 aliphatic heterocycles. The predicted molar refractivity (Wildman–Crippen MR) is 310 cm³/mol. The van der Waals surface area contributed by atoms with E-state index in [1.165, 1.54) is 81.7 Å². The summed E-state index contributed by atoms with van der Waals surface area (Å²) < 4.78 is 0. The van der Waals surface area contributed by atoms with Crippen LogP contribution in [0, 0.1) is 5.92 Å². The van der Waals surface area contributed by atoms with Gasteiger partial charge in [-0.05, 0) is 160 Å². The van der Waals surface area contributed by atoms with Crippen molar-refractivity contribution in [3.8, 4) is 22.3 Å². The van der Waals surface area contributed by atoms with Crippen molar-refractivity contribution in [1.82, 2.24) is 0 Å². The van der Waals surface area contributed by atoms with Crippen LogP contribution in [-0.2, 0) is 0 Å². The lowest BCUT2D eigenvalue weighted by Crippen LogP contribution is -2.19. The summed E-state index contributed by atoms with van der Waals surface area (Å²) in [6.45, 7) is 3.95. The third-order valence-corrected chi connectivity index (χ3v) is 14.6. The van der Waals surface area contributed by atoms with E-state index in [4.69, 9.17) is 0 Å². The van der Waals surface area contributed by atoms with E-state index in [2.05, 4.69) is 277 Å². The van der Waals surface area contributed by atoms with Crippen LogP contribution in [0.2, 0.25) is 0 Å². The molecular formula is C70H50N2. The van der Waals surface area contributed by atoms with E-state index in [0.29, 0.717) is 5.92 Å². The lowest BCUT2D eigenvalue weighted by molar-refractivity contribution is 0.768. The predicted octanol–water partition coefficient (Wildman–Crippen LogP) is 19.5. The summed E-state index contributed by atoms with van der Waals surface area (Å²) in [6, 6.07) is 80.7. The van der Waals surface area contributed by atoms with E-state index in [9.17, 15) is 0 Å². The quantitative estimate of drug-likeness (QED) is 0.0996. The molecule has 1 unspecified atom stereocenters. The Hall–Kier alpha value is -9.24. The van der Waals surface area contributed by atoms with Crippen molar-refractivity contribution in [2.45, 2.75) is 6.42 Å². The highest BCUT2D eigenvalue weighted by atomic mass is 15.2. The highest BCUT2D eigenvalue weighted by Gasteiger charge is 2.25. The topological polar surface area (TPSA) is 6.48 Å². The number of anilines is 5. The standard InChI is InChI=1S/C70H50N2/c1-2-3-17-48-18-15-29-57(42-48)71(58-35-32-49-19-7-10-25-54(49)43-58)61-39-41-66-67(46-61)69(53-23-5-4-6-24-53)65-40-38-62(47-68(65)70(66)64-31-16-28-52-22-13-14-30-63(52)64)72(59-36-33-50-20-8-11-26-55(50)44-59)60-37-34-51-21-9-12-27-56(51)45-60/h2-31,33-47,49H,1,32H2/b17-3-. The molecule has 0 saturated carbocycles.